The van der Waals surface area contributed by atoms with Gasteiger partial charge in [0.15, 0.2) is 11.0 Å². The summed E-state index contributed by atoms with van der Waals surface area (Å²) in [5, 5.41) is 7.11. The lowest BCUT2D eigenvalue weighted by atomic mass is 10.2. The Labute approximate surface area is 145 Å². The highest BCUT2D eigenvalue weighted by Crippen LogP contribution is 2.35. The van der Waals surface area contributed by atoms with E-state index in [4.69, 9.17) is 4.52 Å². The van der Waals surface area contributed by atoms with Crippen molar-refractivity contribution in [1.29, 1.82) is 0 Å². The molecule has 1 saturated heterocycles. The van der Waals surface area contributed by atoms with Crippen LogP contribution < -0.4 is 0 Å². The fraction of sp³-hybridized carbons (Fsp3) is 0.625. The largest absolute Gasteiger partial charge is 0.337 e. The molecular weight excluding hydrogens is 326 g/mol. The van der Waals surface area contributed by atoms with Gasteiger partial charge in [-0.1, -0.05) is 30.8 Å². The Balaban J connectivity index is 1.46. The second-order valence-corrected chi connectivity index (χ2v) is 7.45. The van der Waals surface area contributed by atoms with Crippen molar-refractivity contribution in [2.75, 3.05) is 19.6 Å². The number of hydrogen-bond donors (Lipinski definition) is 0. The summed E-state index contributed by atoms with van der Waals surface area (Å²) in [5.41, 5.74) is 1.06. The number of aromatic nitrogens is 2. The zero-order chi connectivity index (χ0) is 16.7. The van der Waals surface area contributed by atoms with Crippen molar-refractivity contribution in [2.45, 2.75) is 45.1 Å². The Morgan fingerprint density at radius 3 is 3.12 bits per heavy atom. The highest BCUT2D eigenvalue weighted by Gasteiger charge is 2.36. The average molecular weight is 347 g/mol. The van der Waals surface area contributed by atoms with Crippen LogP contribution in [0.25, 0.3) is 0 Å². The number of amidine groups is 1. The van der Waals surface area contributed by atoms with E-state index in [1.807, 2.05) is 24.2 Å². The average Bonchev–Trinajstić information content (AvgIpc) is 3.32. The zero-order valence-electron chi connectivity index (χ0n) is 13.9. The second kappa shape index (κ2) is 6.23. The molecule has 1 aromatic heterocycles. The smallest absolute Gasteiger partial charge is 0.249 e. The molecule has 1 unspecified atom stereocenters. The van der Waals surface area contributed by atoms with Crippen molar-refractivity contribution in [3.63, 3.8) is 0 Å². The van der Waals surface area contributed by atoms with E-state index in [2.05, 4.69) is 20.0 Å². The fourth-order valence-corrected chi connectivity index (χ4v) is 4.26. The molecule has 4 rings (SSSR count). The number of likely N-dealkylation sites (tertiary alicyclic amines) is 1. The first-order valence-corrected chi connectivity index (χ1v) is 9.32. The molecule has 0 aliphatic carbocycles. The molecule has 1 atom stereocenters. The van der Waals surface area contributed by atoms with Gasteiger partial charge in [0.2, 0.25) is 11.8 Å². The lowest BCUT2D eigenvalue weighted by Gasteiger charge is -2.24. The summed E-state index contributed by atoms with van der Waals surface area (Å²) in [7, 11) is 0. The van der Waals surface area contributed by atoms with Crippen LogP contribution in [0.2, 0.25) is 0 Å². The van der Waals surface area contributed by atoms with Gasteiger partial charge in [0.05, 0.1) is 13.0 Å². The number of carbonyl (C=O) groups excluding carboxylic acids is 1. The summed E-state index contributed by atoms with van der Waals surface area (Å²) in [6, 6.07) is -0.0844. The van der Waals surface area contributed by atoms with Crippen LogP contribution in [0, 0.1) is 0 Å². The lowest BCUT2D eigenvalue weighted by Crippen LogP contribution is -2.33. The number of rotatable bonds is 4. The Morgan fingerprint density at radius 1 is 1.46 bits per heavy atom. The van der Waals surface area contributed by atoms with E-state index in [0.717, 1.165) is 43.3 Å². The SMILES string of the molecule is CC(C)c1noc(C2CCCN2C(=O)CC2=CSC3=NCCN23)n1. The van der Waals surface area contributed by atoms with Gasteiger partial charge in [-0.25, -0.2) is 0 Å². The summed E-state index contributed by atoms with van der Waals surface area (Å²) in [5.74, 6) is 1.63. The van der Waals surface area contributed by atoms with Crippen molar-refractivity contribution < 1.29 is 9.32 Å². The van der Waals surface area contributed by atoms with Gasteiger partial charge in [-0.3, -0.25) is 9.79 Å². The Morgan fingerprint density at radius 2 is 2.33 bits per heavy atom. The molecule has 0 N–H and O–H groups in total. The van der Waals surface area contributed by atoms with Crippen LogP contribution >= 0.6 is 11.8 Å². The molecule has 24 heavy (non-hydrogen) atoms. The molecule has 7 nitrogen and oxygen atoms in total. The molecule has 128 valence electrons. The van der Waals surface area contributed by atoms with Gasteiger partial charge in [-0.2, -0.15) is 4.98 Å². The van der Waals surface area contributed by atoms with E-state index < -0.39 is 0 Å². The first-order valence-electron chi connectivity index (χ1n) is 8.44. The third-order valence-electron chi connectivity index (χ3n) is 4.61. The summed E-state index contributed by atoms with van der Waals surface area (Å²) < 4.78 is 5.43. The van der Waals surface area contributed by atoms with Crippen LogP contribution in [0.1, 0.15) is 56.8 Å². The summed E-state index contributed by atoms with van der Waals surface area (Å²) in [6.07, 6.45) is 2.27. The maximum atomic E-state index is 12.8. The number of fused-ring (bicyclic) bond motifs is 1. The van der Waals surface area contributed by atoms with E-state index in [1.165, 1.54) is 0 Å². The molecule has 4 heterocycles. The standard InChI is InChI=1S/C16H21N5O2S/c1-10(2)14-18-15(23-19-14)12-4-3-6-21(12)13(22)8-11-9-24-16-17-5-7-20(11)16/h9-10,12H,3-8H2,1-2H3. The minimum absolute atomic E-state index is 0.0844. The van der Waals surface area contributed by atoms with Crippen molar-refractivity contribution in [3.8, 4) is 0 Å². The predicted molar refractivity (Wildman–Crippen MR) is 91.4 cm³/mol. The van der Waals surface area contributed by atoms with E-state index in [-0.39, 0.29) is 17.9 Å². The molecule has 0 radical (unpaired) electrons. The molecule has 8 heteroatoms. The predicted octanol–water partition coefficient (Wildman–Crippen LogP) is 2.51. The van der Waals surface area contributed by atoms with Gasteiger partial charge in [-0.15, -0.1) is 0 Å². The molecular formula is C16H21N5O2S. The molecule has 1 amide bonds. The zero-order valence-corrected chi connectivity index (χ0v) is 14.8. The number of thioether (sulfide) groups is 1. The van der Waals surface area contributed by atoms with Crippen LogP contribution in [0.5, 0.6) is 0 Å². The number of hydrogen-bond acceptors (Lipinski definition) is 7. The molecule has 3 aliphatic heterocycles. The van der Waals surface area contributed by atoms with Crippen LogP contribution in [0.4, 0.5) is 0 Å². The third kappa shape index (κ3) is 2.72. The maximum absolute atomic E-state index is 12.8. The van der Waals surface area contributed by atoms with Crippen molar-refractivity contribution >= 4 is 22.8 Å². The van der Waals surface area contributed by atoms with Crippen molar-refractivity contribution in [3.05, 3.63) is 22.8 Å². The van der Waals surface area contributed by atoms with Gasteiger partial charge >= 0.3 is 0 Å². The van der Waals surface area contributed by atoms with Crippen LogP contribution in [-0.4, -0.2) is 50.6 Å². The molecule has 0 bridgehead atoms. The Hall–Kier alpha value is -1.83. The van der Waals surface area contributed by atoms with Gasteiger partial charge in [0.1, 0.15) is 6.04 Å². The van der Waals surface area contributed by atoms with Gasteiger partial charge in [0, 0.05) is 24.7 Å². The normalized spacial score (nSPS) is 23.0. The molecule has 1 aromatic rings. The first-order chi connectivity index (χ1) is 11.6. The fourth-order valence-electron chi connectivity index (χ4n) is 3.31. The maximum Gasteiger partial charge on any atom is 0.249 e. The van der Waals surface area contributed by atoms with E-state index in [0.29, 0.717) is 18.1 Å². The van der Waals surface area contributed by atoms with Gasteiger partial charge in [0.25, 0.3) is 0 Å². The molecule has 0 aromatic carbocycles. The second-order valence-electron chi connectivity index (χ2n) is 6.61. The lowest BCUT2D eigenvalue weighted by molar-refractivity contribution is -0.132. The van der Waals surface area contributed by atoms with E-state index >= 15 is 0 Å². The molecule has 0 saturated carbocycles. The van der Waals surface area contributed by atoms with Crippen LogP contribution in [0.15, 0.2) is 20.6 Å². The van der Waals surface area contributed by atoms with Crippen LogP contribution in [-0.2, 0) is 4.79 Å². The quantitative estimate of drug-likeness (QED) is 0.833. The third-order valence-corrected chi connectivity index (χ3v) is 5.56. The highest BCUT2D eigenvalue weighted by atomic mass is 32.2. The van der Waals surface area contributed by atoms with Crippen molar-refractivity contribution in [1.82, 2.24) is 19.9 Å². The highest BCUT2D eigenvalue weighted by molar-refractivity contribution is 8.16. The van der Waals surface area contributed by atoms with Gasteiger partial charge < -0.3 is 14.3 Å². The first kappa shape index (κ1) is 15.7. The Kier molecular flexibility index (Phi) is 4.07. The minimum atomic E-state index is -0.0844. The molecule has 1 fully saturated rings. The number of amides is 1. The molecule has 3 aliphatic rings. The monoisotopic (exact) mass is 347 g/mol. The molecule has 0 spiro atoms. The number of aliphatic imine (C=N–C) groups is 1. The summed E-state index contributed by atoms with van der Waals surface area (Å²) in [6.45, 7) is 6.52. The van der Waals surface area contributed by atoms with Gasteiger partial charge in [-0.05, 0) is 18.2 Å². The van der Waals surface area contributed by atoms with E-state index in [1.54, 1.807) is 11.8 Å². The topological polar surface area (TPSA) is 74.8 Å². The van der Waals surface area contributed by atoms with Crippen LogP contribution in [0.3, 0.4) is 0 Å². The summed E-state index contributed by atoms with van der Waals surface area (Å²) in [4.78, 5) is 25.8. The summed E-state index contributed by atoms with van der Waals surface area (Å²) >= 11 is 1.61. The van der Waals surface area contributed by atoms with Crippen molar-refractivity contribution in [2.24, 2.45) is 4.99 Å². The minimum Gasteiger partial charge on any atom is -0.337 e. The Bertz CT molecular complexity index is 711. The number of carbonyl (C=O) groups is 1. The number of nitrogens with zero attached hydrogens (tertiary/aromatic N) is 5. The van der Waals surface area contributed by atoms with E-state index in [9.17, 15) is 4.79 Å².